The van der Waals surface area contributed by atoms with Crippen LogP contribution in [-0.2, 0) is 0 Å². The molecule has 1 aliphatic rings. The van der Waals surface area contributed by atoms with Gasteiger partial charge in [0.1, 0.15) is 17.1 Å². The molecule has 2 N–H and O–H groups in total. The number of carbonyl (C=O) groups is 2. The summed E-state index contributed by atoms with van der Waals surface area (Å²) >= 11 is 0. The second-order valence-electron chi connectivity index (χ2n) is 5.68. The molecule has 0 spiro atoms. The Kier molecular flexibility index (Phi) is 3.28. The van der Waals surface area contributed by atoms with Gasteiger partial charge in [0.05, 0.1) is 5.56 Å². The smallest absolute Gasteiger partial charge is 0.339 e. The zero-order valence-electron chi connectivity index (χ0n) is 12.9. The van der Waals surface area contributed by atoms with Crippen LogP contribution in [0.1, 0.15) is 26.3 Å². The van der Waals surface area contributed by atoms with Crippen LogP contribution in [0, 0.1) is 0 Å². The van der Waals surface area contributed by atoms with Crippen LogP contribution in [0.3, 0.4) is 0 Å². The van der Waals surface area contributed by atoms with E-state index >= 15 is 0 Å². The maximum atomic E-state index is 12.6. The summed E-state index contributed by atoms with van der Waals surface area (Å²) in [6.07, 6.45) is 1.48. The first-order valence-electron chi connectivity index (χ1n) is 7.57. The first-order chi connectivity index (χ1) is 12.0. The van der Waals surface area contributed by atoms with Crippen molar-refractivity contribution in [3.63, 3.8) is 0 Å². The minimum Gasteiger partial charge on any atom is -0.507 e. The molecule has 0 saturated heterocycles. The summed E-state index contributed by atoms with van der Waals surface area (Å²) in [4.78, 5) is 23.7. The van der Waals surface area contributed by atoms with Gasteiger partial charge in [-0.3, -0.25) is 4.79 Å². The average molecular weight is 332 g/mol. The number of aromatic carboxylic acids is 1. The number of rotatable bonds is 2. The van der Waals surface area contributed by atoms with Crippen molar-refractivity contribution in [1.29, 1.82) is 0 Å². The first-order valence-corrected chi connectivity index (χ1v) is 7.57. The van der Waals surface area contributed by atoms with Crippen LogP contribution >= 0.6 is 0 Å². The molecule has 0 atom stereocenters. The minimum absolute atomic E-state index is 0.119. The summed E-state index contributed by atoms with van der Waals surface area (Å²) in [5.41, 5.74) is 0.695. The molecule has 0 unspecified atom stereocenters. The number of carboxylic acid groups (broad SMARTS) is 1. The molecule has 4 rings (SSSR count). The van der Waals surface area contributed by atoms with E-state index < -0.39 is 5.97 Å². The van der Waals surface area contributed by atoms with Gasteiger partial charge in [0.2, 0.25) is 5.78 Å². The number of Topliss-reactive ketones (excluding diaryl/α,β-unsaturated/α-hetero) is 1. The molecule has 0 bridgehead atoms. The largest absolute Gasteiger partial charge is 0.507 e. The van der Waals surface area contributed by atoms with Crippen molar-refractivity contribution in [2.24, 2.45) is 0 Å². The number of ketones is 1. The molecule has 0 aliphatic carbocycles. The second-order valence-corrected chi connectivity index (χ2v) is 5.68. The molecule has 25 heavy (non-hydrogen) atoms. The quantitative estimate of drug-likeness (QED) is 0.696. The molecule has 5 heteroatoms. The Morgan fingerprint density at radius 3 is 2.64 bits per heavy atom. The van der Waals surface area contributed by atoms with Crippen molar-refractivity contribution in [3.8, 4) is 11.5 Å². The Labute approximate surface area is 142 Å². The van der Waals surface area contributed by atoms with E-state index in [2.05, 4.69) is 0 Å². The average Bonchev–Trinajstić information content (AvgIpc) is 2.93. The highest BCUT2D eigenvalue weighted by Gasteiger charge is 2.29. The van der Waals surface area contributed by atoms with E-state index in [-0.39, 0.29) is 22.9 Å². The zero-order chi connectivity index (χ0) is 17.6. The third kappa shape index (κ3) is 2.42. The summed E-state index contributed by atoms with van der Waals surface area (Å²) in [6, 6.07) is 15.3. The highest BCUT2D eigenvalue weighted by atomic mass is 16.5. The predicted octanol–water partition coefficient (Wildman–Crippen LogP) is 3.86. The molecule has 1 heterocycles. The topological polar surface area (TPSA) is 83.8 Å². The highest BCUT2D eigenvalue weighted by Crippen LogP contribution is 2.38. The van der Waals surface area contributed by atoms with Crippen molar-refractivity contribution in [2.45, 2.75) is 0 Å². The van der Waals surface area contributed by atoms with Gasteiger partial charge in [-0.1, -0.05) is 36.4 Å². The van der Waals surface area contributed by atoms with Crippen LogP contribution in [0.4, 0.5) is 0 Å². The van der Waals surface area contributed by atoms with Crippen LogP contribution in [0.15, 0.2) is 60.4 Å². The molecule has 0 radical (unpaired) electrons. The van der Waals surface area contributed by atoms with E-state index in [0.717, 1.165) is 10.8 Å². The summed E-state index contributed by atoms with van der Waals surface area (Å²) in [7, 11) is 0. The molecule has 0 saturated carbocycles. The van der Waals surface area contributed by atoms with Gasteiger partial charge in [0.25, 0.3) is 0 Å². The summed E-state index contributed by atoms with van der Waals surface area (Å²) in [5, 5.41) is 20.5. The lowest BCUT2D eigenvalue weighted by Gasteiger charge is -2.04. The molecule has 0 fully saturated rings. The molecule has 3 aromatic carbocycles. The first kappa shape index (κ1) is 15.0. The Hall–Kier alpha value is -3.60. The fraction of sp³-hybridized carbons (Fsp3) is 0. The number of benzene rings is 3. The fourth-order valence-electron chi connectivity index (χ4n) is 2.88. The van der Waals surface area contributed by atoms with Gasteiger partial charge in [0.15, 0.2) is 5.76 Å². The van der Waals surface area contributed by atoms with Gasteiger partial charge in [-0.2, -0.15) is 0 Å². The van der Waals surface area contributed by atoms with Crippen LogP contribution in [0.25, 0.3) is 16.8 Å². The number of phenols is 1. The number of carbonyl (C=O) groups excluding carboxylic acids is 1. The van der Waals surface area contributed by atoms with E-state index in [9.17, 15) is 14.7 Å². The number of fused-ring (bicyclic) bond motifs is 3. The molecule has 1 aliphatic heterocycles. The SMILES string of the molecule is O=C(O)c1cc(C=C2Oc3c(ccc4ccccc34)C2=O)ccc1O. The van der Waals surface area contributed by atoms with E-state index in [1.165, 1.54) is 24.3 Å². The van der Waals surface area contributed by atoms with E-state index in [4.69, 9.17) is 9.84 Å². The van der Waals surface area contributed by atoms with Crippen LogP contribution in [-0.4, -0.2) is 22.0 Å². The van der Waals surface area contributed by atoms with Crippen molar-refractivity contribution in [3.05, 3.63) is 77.0 Å². The highest BCUT2D eigenvalue weighted by molar-refractivity contribution is 6.17. The lowest BCUT2D eigenvalue weighted by Crippen LogP contribution is -2.00. The van der Waals surface area contributed by atoms with Gasteiger partial charge in [-0.05, 0) is 35.2 Å². The molecule has 3 aromatic rings. The lowest BCUT2D eigenvalue weighted by molar-refractivity contribution is 0.0693. The van der Waals surface area contributed by atoms with Gasteiger partial charge >= 0.3 is 5.97 Å². The van der Waals surface area contributed by atoms with E-state index in [0.29, 0.717) is 16.9 Å². The number of hydrogen-bond donors (Lipinski definition) is 2. The second kappa shape index (κ2) is 5.49. The standard InChI is InChI=1S/C20H12O5/c21-16-8-5-11(9-15(16)20(23)24)10-17-18(22)14-7-6-12-3-1-2-4-13(12)19(14)25-17/h1-10,21H,(H,23,24). The normalized spacial score (nSPS) is 14.6. The minimum atomic E-state index is -1.24. The van der Waals surface area contributed by atoms with Crippen LogP contribution in [0.2, 0.25) is 0 Å². The van der Waals surface area contributed by atoms with Crippen LogP contribution in [0.5, 0.6) is 11.5 Å². The van der Waals surface area contributed by atoms with Crippen molar-refractivity contribution >= 4 is 28.6 Å². The number of allylic oxidation sites excluding steroid dienone is 1. The molecule has 5 nitrogen and oxygen atoms in total. The Morgan fingerprint density at radius 1 is 1.04 bits per heavy atom. The number of aromatic hydroxyl groups is 1. The van der Waals surface area contributed by atoms with Gasteiger partial charge < -0.3 is 14.9 Å². The third-order valence-electron chi connectivity index (χ3n) is 4.11. The monoisotopic (exact) mass is 332 g/mol. The number of hydrogen-bond acceptors (Lipinski definition) is 4. The summed E-state index contributed by atoms with van der Waals surface area (Å²) < 4.78 is 5.77. The maximum absolute atomic E-state index is 12.6. The number of carboxylic acids is 1. The molecule has 0 amide bonds. The van der Waals surface area contributed by atoms with Crippen molar-refractivity contribution < 1.29 is 24.5 Å². The summed E-state index contributed by atoms with van der Waals surface area (Å²) in [5.74, 6) is -1.21. The van der Waals surface area contributed by atoms with Gasteiger partial charge in [0, 0.05) is 5.39 Å². The molecular weight excluding hydrogens is 320 g/mol. The molecule has 122 valence electrons. The molecule has 0 aromatic heterocycles. The van der Waals surface area contributed by atoms with Gasteiger partial charge in [-0.15, -0.1) is 0 Å². The van der Waals surface area contributed by atoms with Crippen LogP contribution < -0.4 is 4.74 Å². The summed E-state index contributed by atoms with van der Waals surface area (Å²) in [6.45, 7) is 0. The lowest BCUT2D eigenvalue weighted by atomic mass is 10.0. The number of ether oxygens (including phenoxy) is 1. The Balaban J connectivity index is 1.79. The zero-order valence-corrected chi connectivity index (χ0v) is 12.9. The Morgan fingerprint density at radius 2 is 1.84 bits per heavy atom. The predicted molar refractivity (Wildman–Crippen MR) is 91.9 cm³/mol. The Bertz CT molecular complexity index is 1080. The van der Waals surface area contributed by atoms with Crippen molar-refractivity contribution in [2.75, 3.05) is 0 Å². The third-order valence-corrected chi connectivity index (χ3v) is 4.11. The fourth-order valence-corrected chi connectivity index (χ4v) is 2.88. The maximum Gasteiger partial charge on any atom is 0.339 e. The molecular formula is C20H12O5. The van der Waals surface area contributed by atoms with E-state index in [1.807, 2.05) is 30.3 Å². The van der Waals surface area contributed by atoms with Gasteiger partial charge in [-0.25, -0.2) is 4.79 Å². The van der Waals surface area contributed by atoms with Crippen molar-refractivity contribution in [1.82, 2.24) is 0 Å². The van der Waals surface area contributed by atoms with E-state index in [1.54, 1.807) is 6.07 Å².